The van der Waals surface area contributed by atoms with Crippen molar-refractivity contribution in [2.75, 3.05) is 30.7 Å². The van der Waals surface area contributed by atoms with E-state index >= 15 is 0 Å². The summed E-state index contributed by atoms with van der Waals surface area (Å²) in [7, 11) is -5.01. The number of ether oxygens (including phenoxy) is 1. The van der Waals surface area contributed by atoms with E-state index in [2.05, 4.69) is 35.8 Å². The number of aromatic nitrogens is 2. The van der Waals surface area contributed by atoms with Crippen molar-refractivity contribution >= 4 is 67.0 Å². The number of carbonyl (C=O) groups is 3. The number of oxime groups is 1. The number of pyridine rings is 1. The van der Waals surface area contributed by atoms with Crippen LogP contribution >= 0.6 is 11.3 Å². The van der Waals surface area contributed by atoms with Gasteiger partial charge in [0.1, 0.15) is 29.9 Å². The number of anilines is 2. The smallest absolute Gasteiger partial charge is 0.418 e. The van der Waals surface area contributed by atoms with Gasteiger partial charge >= 0.3 is 16.4 Å². The molecule has 44 heavy (non-hydrogen) atoms. The summed E-state index contributed by atoms with van der Waals surface area (Å²) in [5.74, 6) is -2.47. The van der Waals surface area contributed by atoms with Crippen LogP contribution in [0.1, 0.15) is 19.5 Å². The van der Waals surface area contributed by atoms with Crippen molar-refractivity contribution < 1.29 is 52.1 Å². The van der Waals surface area contributed by atoms with Crippen LogP contribution in [-0.4, -0.2) is 94.0 Å². The molecule has 1 aliphatic rings. The van der Waals surface area contributed by atoms with Gasteiger partial charge in [-0.15, -0.1) is 15.6 Å². The Morgan fingerprint density at radius 1 is 1.32 bits per heavy atom. The normalized spacial score (nSPS) is 17.1. The van der Waals surface area contributed by atoms with Gasteiger partial charge < -0.3 is 36.8 Å². The highest BCUT2D eigenvalue weighted by atomic mass is 32.3. The standard InChI is InChI=1S/C24H28N8O10S2/c1-24(2)18(21(34)32(24)42-44(37,38)39)30-20(33)17(15-11-43-23(26)29-15)31-41-16(22(35)36)10-40-13-3-4-14-12(9-13)5-7-27-19(14)28-8-6-25/h3-5,7,9,11,16,18H,6,8,10,25H2,1-2H3,(H2,26,29)(H,27,28)(H,30,33)(H,35,36)(H,37,38,39)/p+1/b31-17-/t16-,18+/m0/s1. The zero-order chi connectivity index (χ0) is 32.2. The molecule has 236 valence electrons. The number of carbonyl (C=O) groups excluding carboxylic acids is 2. The molecule has 0 bridgehead atoms. The highest BCUT2D eigenvalue weighted by Crippen LogP contribution is 2.33. The van der Waals surface area contributed by atoms with Crippen molar-refractivity contribution in [1.29, 1.82) is 0 Å². The van der Waals surface area contributed by atoms with Gasteiger partial charge in [-0.25, -0.2) is 14.8 Å². The Morgan fingerprint density at radius 3 is 2.68 bits per heavy atom. The van der Waals surface area contributed by atoms with Gasteiger partial charge in [0.05, 0.1) is 18.6 Å². The van der Waals surface area contributed by atoms with Crippen LogP contribution in [0, 0.1) is 0 Å². The summed E-state index contributed by atoms with van der Waals surface area (Å²) in [6.45, 7) is 3.51. The van der Waals surface area contributed by atoms with E-state index in [9.17, 15) is 27.9 Å². The number of nitrogens with two attached hydrogens (primary N) is 1. The molecule has 2 aromatic heterocycles. The van der Waals surface area contributed by atoms with Gasteiger partial charge in [0.2, 0.25) is 0 Å². The zero-order valence-electron chi connectivity index (χ0n) is 23.3. The predicted molar refractivity (Wildman–Crippen MR) is 155 cm³/mol. The summed E-state index contributed by atoms with van der Waals surface area (Å²) in [5, 5.41) is 22.4. The number of hydrogen-bond acceptors (Lipinski definition) is 14. The number of aliphatic carboxylic acids is 1. The number of amides is 2. The third-order valence-electron chi connectivity index (χ3n) is 6.25. The second-order valence-electron chi connectivity index (χ2n) is 9.77. The van der Waals surface area contributed by atoms with E-state index in [1.54, 1.807) is 30.5 Å². The van der Waals surface area contributed by atoms with Gasteiger partial charge in [-0.1, -0.05) is 5.16 Å². The SMILES string of the molecule is CC1(C)[C@H](NC(=O)/C(=N\O[C@@H](COc2ccc3c(NCC[NH3+])nccc3c2)C(=O)O)c2csc(N)n2)C(=O)N1OS(=O)(=O)O. The number of fused-ring (bicyclic) bond motifs is 1. The molecule has 18 nitrogen and oxygen atoms in total. The fourth-order valence-electron chi connectivity index (χ4n) is 4.05. The molecule has 4 rings (SSSR count). The molecule has 1 aliphatic heterocycles. The van der Waals surface area contributed by atoms with Crippen molar-refractivity contribution in [2.24, 2.45) is 5.16 Å². The molecule has 1 aromatic carbocycles. The summed E-state index contributed by atoms with van der Waals surface area (Å²) in [5.41, 5.74) is 7.44. The maximum Gasteiger partial charge on any atom is 0.418 e. The number of nitrogens with zero attached hydrogens (tertiary/aromatic N) is 4. The quantitative estimate of drug-likeness (QED) is 0.0528. The molecule has 9 N–H and O–H groups in total. The molecule has 20 heteroatoms. The molecule has 1 fully saturated rings. The molecule has 0 aliphatic carbocycles. The van der Waals surface area contributed by atoms with Crippen LogP contribution in [-0.2, 0) is 33.9 Å². The molecular formula is C24H29N8O10S2+. The monoisotopic (exact) mass is 653 g/mol. The first kappa shape index (κ1) is 32.3. The first-order valence-corrected chi connectivity index (χ1v) is 15.0. The molecule has 2 amide bonds. The number of rotatable bonds is 14. The molecule has 1 saturated heterocycles. The van der Waals surface area contributed by atoms with E-state index in [1.807, 2.05) is 0 Å². The number of thiazole rings is 1. The molecule has 0 spiro atoms. The molecule has 0 radical (unpaired) electrons. The summed E-state index contributed by atoms with van der Waals surface area (Å²) in [4.78, 5) is 51.1. The maximum absolute atomic E-state index is 13.2. The highest BCUT2D eigenvalue weighted by molar-refractivity contribution is 7.80. The van der Waals surface area contributed by atoms with Crippen molar-refractivity contribution in [1.82, 2.24) is 20.3 Å². The number of carboxylic acid groups (broad SMARTS) is 1. The average molecular weight is 654 g/mol. The Bertz CT molecular complexity index is 1710. The van der Waals surface area contributed by atoms with Crippen molar-refractivity contribution in [3.05, 3.63) is 41.5 Å². The van der Waals surface area contributed by atoms with E-state index in [0.717, 1.165) is 22.1 Å². The topological polar surface area (TPSA) is 273 Å². The summed E-state index contributed by atoms with van der Waals surface area (Å²) < 4.78 is 41.0. The van der Waals surface area contributed by atoms with Crippen molar-refractivity contribution in [3.63, 3.8) is 0 Å². The van der Waals surface area contributed by atoms with Crippen LogP contribution < -0.4 is 26.8 Å². The number of quaternary nitrogens is 1. The van der Waals surface area contributed by atoms with Crippen molar-refractivity contribution in [3.8, 4) is 5.75 Å². The minimum absolute atomic E-state index is 0.0580. The predicted octanol–water partition coefficient (Wildman–Crippen LogP) is -0.980. The van der Waals surface area contributed by atoms with Crippen molar-refractivity contribution in [2.45, 2.75) is 31.5 Å². The number of hydroxylamine groups is 2. The second-order valence-corrected chi connectivity index (χ2v) is 11.7. The molecule has 2 atom stereocenters. The van der Waals surface area contributed by atoms with E-state index < -0.39 is 58.2 Å². The van der Waals surface area contributed by atoms with Gasteiger partial charge in [0.25, 0.3) is 17.9 Å². The largest absolute Gasteiger partial charge is 0.489 e. The number of carboxylic acids is 1. The minimum Gasteiger partial charge on any atom is -0.489 e. The fourth-order valence-corrected chi connectivity index (χ4v) is 5.05. The van der Waals surface area contributed by atoms with Crippen LogP contribution in [0.3, 0.4) is 0 Å². The third kappa shape index (κ3) is 7.29. The maximum atomic E-state index is 13.2. The lowest BCUT2D eigenvalue weighted by Gasteiger charge is -2.50. The van der Waals surface area contributed by atoms with E-state index in [0.29, 0.717) is 29.7 Å². The fraction of sp³-hybridized carbons (Fsp3) is 0.333. The zero-order valence-corrected chi connectivity index (χ0v) is 24.9. The number of benzene rings is 1. The average Bonchev–Trinajstić information content (AvgIpc) is 3.39. The van der Waals surface area contributed by atoms with E-state index in [4.69, 9.17) is 19.9 Å². The van der Waals surface area contributed by atoms with E-state index in [-0.39, 0.29) is 10.8 Å². The number of hydrogen-bond donors (Lipinski definition) is 6. The lowest BCUT2D eigenvalue weighted by atomic mass is 9.84. The van der Waals surface area contributed by atoms with E-state index in [1.165, 1.54) is 19.2 Å². The Morgan fingerprint density at radius 2 is 2.07 bits per heavy atom. The van der Waals surface area contributed by atoms with Gasteiger partial charge in [0, 0.05) is 17.0 Å². The minimum atomic E-state index is -5.01. The van der Waals surface area contributed by atoms with Crippen LogP contribution in [0.5, 0.6) is 5.75 Å². The van der Waals surface area contributed by atoms with Gasteiger partial charge in [-0.3, -0.25) is 14.1 Å². The van der Waals surface area contributed by atoms with Crippen LogP contribution in [0.15, 0.2) is 41.0 Å². The third-order valence-corrected chi connectivity index (χ3v) is 7.27. The first-order valence-electron chi connectivity index (χ1n) is 12.8. The van der Waals surface area contributed by atoms with Crippen LogP contribution in [0.25, 0.3) is 10.8 Å². The summed E-state index contributed by atoms with van der Waals surface area (Å²) >= 11 is 0.958. The first-order chi connectivity index (χ1) is 20.7. The lowest BCUT2D eigenvalue weighted by molar-refractivity contribution is -0.362. The Labute approximate surface area is 253 Å². The van der Waals surface area contributed by atoms with Crippen LogP contribution in [0.2, 0.25) is 0 Å². The Kier molecular flexibility index (Phi) is 9.49. The summed E-state index contributed by atoms with van der Waals surface area (Å²) in [6.07, 6.45) is -0.0680. The second kappa shape index (κ2) is 12.9. The number of nitrogens with one attached hydrogen (secondary N) is 2. The van der Waals surface area contributed by atoms with Crippen LogP contribution in [0.4, 0.5) is 10.9 Å². The molecule has 3 heterocycles. The number of nitrogen functional groups attached to an aromatic ring is 1. The van der Waals surface area contributed by atoms with Gasteiger partial charge in [0.15, 0.2) is 10.8 Å². The Balaban J connectivity index is 1.49. The molecule has 3 aromatic rings. The lowest BCUT2D eigenvalue weighted by Crippen LogP contribution is -2.76. The van der Waals surface area contributed by atoms with Gasteiger partial charge in [-0.05, 0) is 43.5 Å². The molecule has 0 saturated carbocycles. The Hall–Kier alpha value is -4.63. The highest BCUT2D eigenvalue weighted by Gasteiger charge is 2.58. The molecule has 0 unspecified atom stereocenters. The summed E-state index contributed by atoms with van der Waals surface area (Å²) in [6, 6.07) is 5.52. The number of β-lactam (4-membered cyclic amide) rings is 1. The molecular weight excluding hydrogens is 624 g/mol. The van der Waals surface area contributed by atoms with Gasteiger partial charge in [-0.2, -0.15) is 13.5 Å².